The number of ether oxygens (including phenoxy) is 2. The van der Waals surface area contributed by atoms with E-state index in [0.29, 0.717) is 17.9 Å². The van der Waals surface area contributed by atoms with E-state index in [1.54, 1.807) is 30.5 Å². The average molecular weight is 374 g/mol. The zero-order valence-corrected chi connectivity index (χ0v) is 13.7. The fraction of sp³-hybridized carbons (Fsp3) is 0.235. The molecular weight excluding hydrogens is 359 g/mol. The molecule has 0 spiro atoms. The van der Waals surface area contributed by atoms with Gasteiger partial charge in [-0.15, -0.1) is 13.2 Å². The lowest BCUT2D eigenvalue weighted by atomic mass is 10.2. The third-order valence-corrected chi connectivity index (χ3v) is 3.27. The van der Waals surface area contributed by atoms with E-state index >= 15 is 0 Å². The van der Waals surface area contributed by atoms with Gasteiger partial charge in [0.2, 0.25) is 0 Å². The molecule has 0 bridgehead atoms. The molecule has 0 atom stereocenters. The lowest BCUT2D eigenvalue weighted by molar-refractivity contribution is -0.274. The number of hydrogen-bond donors (Lipinski definition) is 1. The summed E-state index contributed by atoms with van der Waals surface area (Å²) in [7, 11) is 0. The third-order valence-electron chi connectivity index (χ3n) is 2.98. The molecule has 2 rings (SSSR count). The molecule has 0 fully saturated rings. The van der Waals surface area contributed by atoms with Crippen LogP contribution in [0.15, 0.2) is 47.5 Å². The van der Waals surface area contributed by atoms with E-state index < -0.39 is 12.1 Å². The lowest BCUT2D eigenvalue weighted by Crippen LogP contribution is -2.17. The standard InChI is InChI=1S/C17H15ClF3NO3/c18-15-9-13(3-6-16(15)25-17(19,20)21)11-24-14-4-1-12(2-5-14)10-22-7-8-23/h1-6,9-10,23H,7-8,11H2. The summed E-state index contributed by atoms with van der Waals surface area (Å²) in [6, 6.07) is 11.0. The highest BCUT2D eigenvalue weighted by Gasteiger charge is 2.32. The fourth-order valence-electron chi connectivity index (χ4n) is 1.89. The maximum atomic E-state index is 12.2. The van der Waals surface area contributed by atoms with Gasteiger partial charge in [0.25, 0.3) is 0 Å². The lowest BCUT2D eigenvalue weighted by Gasteiger charge is -2.12. The monoisotopic (exact) mass is 373 g/mol. The number of nitrogens with zero attached hydrogens (tertiary/aromatic N) is 1. The zero-order valence-electron chi connectivity index (χ0n) is 13.0. The molecule has 0 aliphatic heterocycles. The Hall–Kier alpha value is -2.25. The van der Waals surface area contributed by atoms with Crippen LogP contribution >= 0.6 is 11.6 Å². The summed E-state index contributed by atoms with van der Waals surface area (Å²) in [4.78, 5) is 4.00. The van der Waals surface area contributed by atoms with Crippen molar-refractivity contribution in [1.82, 2.24) is 0 Å². The summed E-state index contributed by atoms with van der Waals surface area (Å²) in [5.74, 6) is 0.135. The van der Waals surface area contributed by atoms with Gasteiger partial charge in [0.05, 0.1) is 18.2 Å². The normalized spacial score (nSPS) is 11.7. The highest BCUT2D eigenvalue weighted by Crippen LogP contribution is 2.31. The largest absolute Gasteiger partial charge is 0.573 e. The summed E-state index contributed by atoms with van der Waals surface area (Å²) in [5, 5.41) is 8.51. The molecule has 0 aliphatic rings. The number of aliphatic imine (C=N–C) groups is 1. The predicted octanol–water partition coefficient (Wildman–Crippen LogP) is 4.23. The molecular formula is C17H15ClF3NO3. The summed E-state index contributed by atoms with van der Waals surface area (Å²) >= 11 is 5.79. The molecule has 0 unspecified atom stereocenters. The Kier molecular flexibility index (Phi) is 6.66. The van der Waals surface area contributed by atoms with Gasteiger partial charge in [-0.3, -0.25) is 4.99 Å². The molecule has 0 radical (unpaired) electrons. The molecule has 25 heavy (non-hydrogen) atoms. The van der Waals surface area contributed by atoms with Crippen LogP contribution in [0.3, 0.4) is 0 Å². The molecule has 0 aromatic heterocycles. The van der Waals surface area contributed by atoms with Gasteiger partial charge in [0.15, 0.2) is 0 Å². The Morgan fingerprint density at radius 3 is 2.44 bits per heavy atom. The van der Waals surface area contributed by atoms with Crippen LogP contribution in [-0.2, 0) is 6.61 Å². The third kappa shape index (κ3) is 6.64. The number of alkyl halides is 3. The average Bonchev–Trinajstić information content (AvgIpc) is 2.55. The Labute approximate surface area is 147 Å². The van der Waals surface area contributed by atoms with Crippen molar-refractivity contribution >= 4 is 17.8 Å². The van der Waals surface area contributed by atoms with E-state index in [1.165, 1.54) is 12.1 Å². The van der Waals surface area contributed by atoms with Gasteiger partial charge in [-0.1, -0.05) is 17.7 Å². The number of aliphatic hydroxyl groups is 1. The molecule has 2 aromatic rings. The first-order chi connectivity index (χ1) is 11.9. The number of rotatable bonds is 7. The Morgan fingerprint density at radius 1 is 1.12 bits per heavy atom. The minimum atomic E-state index is -4.79. The van der Waals surface area contributed by atoms with E-state index in [9.17, 15) is 13.2 Å². The highest BCUT2D eigenvalue weighted by molar-refractivity contribution is 6.32. The van der Waals surface area contributed by atoms with Crippen LogP contribution in [0.1, 0.15) is 11.1 Å². The minimum absolute atomic E-state index is 0.00689. The van der Waals surface area contributed by atoms with Crippen molar-refractivity contribution in [3.8, 4) is 11.5 Å². The Bertz CT molecular complexity index is 718. The summed E-state index contributed by atoms with van der Waals surface area (Å²) in [6.45, 7) is 0.476. The molecule has 8 heteroatoms. The van der Waals surface area contributed by atoms with E-state index in [0.717, 1.165) is 11.6 Å². The number of aliphatic hydroxyl groups excluding tert-OH is 1. The first-order valence-electron chi connectivity index (χ1n) is 7.25. The molecule has 1 N–H and O–H groups in total. The van der Waals surface area contributed by atoms with Gasteiger partial charge >= 0.3 is 6.36 Å². The maximum Gasteiger partial charge on any atom is 0.573 e. The van der Waals surface area contributed by atoms with Crippen molar-refractivity contribution in [3.05, 3.63) is 58.6 Å². The van der Waals surface area contributed by atoms with Crippen molar-refractivity contribution in [1.29, 1.82) is 0 Å². The zero-order chi connectivity index (χ0) is 18.3. The van der Waals surface area contributed by atoms with Gasteiger partial charge in [-0.2, -0.15) is 0 Å². The van der Waals surface area contributed by atoms with Crippen LogP contribution in [0.4, 0.5) is 13.2 Å². The van der Waals surface area contributed by atoms with Crippen molar-refractivity contribution in [2.75, 3.05) is 13.2 Å². The van der Waals surface area contributed by atoms with E-state index in [-0.39, 0.29) is 18.2 Å². The van der Waals surface area contributed by atoms with Crippen LogP contribution in [0.5, 0.6) is 11.5 Å². The topological polar surface area (TPSA) is 51.1 Å². The van der Waals surface area contributed by atoms with E-state index in [1.807, 2.05) is 0 Å². The molecule has 0 aliphatic carbocycles. The van der Waals surface area contributed by atoms with Gasteiger partial charge in [0.1, 0.15) is 18.1 Å². The second kappa shape index (κ2) is 8.73. The molecule has 0 amide bonds. The van der Waals surface area contributed by atoms with Crippen molar-refractivity contribution < 1.29 is 27.8 Å². The van der Waals surface area contributed by atoms with Crippen molar-refractivity contribution in [2.45, 2.75) is 13.0 Å². The van der Waals surface area contributed by atoms with Crippen LogP contribution in [0, 0.1) is 0 Å². The summed E-state index contributed by atoms with van der Waals surface area (Å²) in [6.07, 6.45) is -3.15. The van der Waals surface area contributed by atoms with Crippen LogP contribution in [0.25, 0.3) is 0 Å². The molecule has 2 aromatic carbocycles. The van der Waals surface area contributed by atoms with Gasteiger partial charge in [0, 0.05) is 6.21 Å². The van der Waals surface area contributed by atoms with Gasteiger partial charge in [-0.25, -0.2) is 0 Å². The summed E-state index contributed by atoms with van der Waals surface area (Å²) < 4.78 is 45.9. The smallest absolute Gasteiger partial charge is 0.489 e. The highest BCUT2D eigenvalue weighted by atomic mass is 35.5. The Balaban J connectivity index is 1.93. The first-order valence-corrected chi connectivity index (χ1v) is 7.63. The second-order valence-electron chi connectivity index (χ2n) is 4.93. The fourth-order valence-corrected chi connectivity index (χ4v) is 2.13. The van der Waals surface area contributed by atoms with Crippen LogP contribution in [0.2, 0.25) is 5.02 Å². The van der Waals surface area contributed by atoms with Crippen molar-refractivity contribution in [2.24, 2.45) is 4.99 Å². The Morgan fingerprint density at radius 2 is 1.84 bits per heavy atom. The second-order valence-corrected chi connectivity index (χ2v) is 5.34. The number of hydrogen-bond acceptors (Lipinski definition) is 4. The SMILES string of the molecule is OCCN=Cc1ccc(OCc2ccc(OC(F)(F)F)c(Cl)c2)cc1. The molecule has 134 valence electrons. The predicted molar refractivity (Wildman–Crippen MR) is 88.5 cm³/mol. The molecule has 0 saturated heterocycles. The first kappa shape index (κ1) is 19.1. The minimum Gasteiger partial charge on any atom is -0.489 e. The van der Waals surface area contributed by atoms with Gasteiger partial charge in [-0.05, 0) is 47.5 Å². The molecule has 4 nitrogen and oxygen atoms in total. The number of benzene rings is 2. The number of halogens is 4. The van der Waals surface area contributed by atoms with Crippen molar-refractivity contribution in [3.63, 3.8) is 0 Å². The van der Waals surface area contributed by atoms with Crippen LogP contribution < -0.4 is 9.47 Å². The molecule has 0 saturated carbocycles. The van der Waals surface area contributed by atoms with E-state index in [2.05, 4.69) is 9.73 Å². The summed E-state index contributed by atoms with van der Waals surface area (Å²) in [5.41, 5.74) is 1.46. The van der Waals surface area contributed by atoms with Gasteiger partial charge < -0.3 is 14.6 Å². The van der Waals surface area contributed by atoms with E-state index in [4.69, 9.17) is 21.4 Å². The van der Waals surface area contributed by atoms with Crippen LogP contribution in [-0.4, -0.2) is 30.8 Å². The maximum absolute atomic E-state index is 12.2. The molecule has 0 heterocycles. The quantitative estimate of drug-likeness (QED) is 0.739.